The summed E-state index contributed by atoms with van der Waals surface area (Å²) in [5.74, 6) is -1.02. The van der Waals surface area contributed by atoms with Crippen LogP contribution >= 0.6 is 11.6 Å². The number of nitrogens with zero attached hydrogens (tertiary/aromatic N) is 2. The summed E-state index contributed by atoms with van der Waals surface area (Å²) in [6.07, 6.45) is -4.73. The van der Waals surface area contributed by atoms with Crippen LogP contribution in [0.15, 0.2) is 41.3 Å². The molecule has 31 heavy (non-hydrogen) atoms. The molecule has 12 heteroatoms. The Balaban J connectivity index is 1.79. The van der Waals surface area contributed by atoms with Crippen molar-refractivity contribution < 1.29 is 35.5 Å². The lowest BCUT2D eigenvalue weighted by Gasteiger charge is -2.34. The zero-order chi connectivity index (χ0) is 23.0. The molecule has 168 valence electrons. The van der Waals surface area contributed by atoms with Crippen LogP contribution in [-0.2, 0) is 16.2 Å². The molecule has 2 aromatic rings. The van der Waals surface area contributed by atoms with Crippen LogP contribution in [0.4, 0.5) is 17.6 Å². The fourth-order valence-corrected chi connectivity index (χ4v) is 5.09. The number of piperazine rings is 1. The number of carbonyl (C=O) groups is 1. The number of rotatable bonds is 4. The smallest absolute Gasteiger partial charge is 0.416 e. The molecule has 0 spiro atoms. The molecule has 1 heterocycles. The van der Waals surface area contributed by atoms with E-state index in [-0.39, 0.29) is 42.5 Å². The van der Waals surface area contributed by atoms with Crippen molar-refractivity contribution in [3.05, 3.63) is 58.4 Å². The highest BCUT2D eigenvalue weighted by molar-refractivity contribution is 7.89. The van der Waals surface area contributed by atoms with E-state index in [0.717, 1.165) is 22.5 Å². The Morgan fingerprint density at radius 2 is 1.71 bits per heavy atom. The molecule has 0 atom stereocenters. The molecule has 1 fully saturated rings. The van der Waals surface area contributed by atoms with Crippen LogP contribution in [0.3, 0.4) is 0 Å². The van der Waals surface area contributed by atoms with Crippen molar-refractivity contribution in [3.8, 4) is 5.75 Å². The van der Waals surface area contributed by atoms with Crippen molar-refractivity contribution in [1.29, 1.82) is 0 Å². The first-order valence-electron chi connectivity index (χ1n) is 8.95. The standard InChI is InChI=1S/C19H17ClF4N2O4S/c1-30-16-5-3-13(21)11-14(16)18(27)25-6-8-26(9-7-25)31(28,29)17-10-12(19(22,23)24)2-4-15(17)20/h2-5,10-11H,6-9H2,1H3. The Morgan fingerprint density at radius 1 is 1.06 bits per heavy atom. The largest absolute Gasteiger partial charge is 0.496 e. The summed E-state index contributed by atoms with van der Waals surface area (Å²) < 4.78 is 84.3. The van der Waals surface area contributed by atoms with Crippen LogP contribution in [0, 0.1) is 5.82 Å². The zero-order valence-electron chi connectivity index (χ0n) is 16.1. The Hall–Kier alpha value is -2.37. The fourth-order valence-electron chi connectivity index (χ4n) is 3.17. The predicted octanol–water partition coefficient (Wildman–Crippen LogP) is 3.65. The van der Waals surface area contributed by atoms with Gasteiger partial charge in [-0.05, 0) is 36.4 Å². The molecule has 0 radical (unpaired) electrons. The number of sulfonamides is 1. The van der Waals surface area contributed by atoms with Crippen LogP contribution in [0.5, 0.6) is 5.75 Å². The second kappa shape index (κ2) is 8.64. The van der Waals surface area contributed by atoms with Crippen molar-refractivity contribution in [1.82, 2.24) is 9.21 Å². The average molecular weight is 481 g/mol. The van der Waals surface area contributed by atoms with Gasteiger partial charge in [0, 0.05) is 26.2 Å². The van der Waals surface area contributed by atoms with Gasteiger partial charge in [0.15, 0.2) is 0 Å². The van der Waals surface area contributed by atoms with Crippen LogP contribution in [0.25, 0.3) is 0 Å². The third-order valence-electron chi connectivity index (χ3n) is 4.79. The molecule has 0 saturated carbocycles. The van der Waals surface area contributed by atoms with E-state index in [1.54, 1.807) is 0 Å². The van der Waals surface area contributed by atoms with E-state index in [1.807, 2.05) is 0 Å². The quantitative estimate of drug-likeness (QED) is 0.627. The minimum absolute atomic E-state index is 0.0141. The minimum atomic E-state index is -4.73. The maximum absolute atomic E-state index is 13.6. The summed E-state index contributed by atoms with van der Waals surface area (Å²) in [6.45, 7) is -0.431. The van der Waals surface area contributed by atoms with Gasteiger partial charge in [0.2, 0.25) is 10.0 Å². The van der Waals surface area contributed by atoms with Crippen molar-refractivity contribution in [3.63, 3.8) is 0 Å². The first kappa shape index (κ1) is 23.3. The number of alkyl halides is 3. The highest BCUT2D eigenvalue weighted by atomic mass is 35.5. The molecule has 6 nitrogen and oxygen atoms in total. The van der Waals surface area contributed by atoms with Gasteiger partial charge in [0.05, 0.1) is 23.3 Å². The van der Waals surface area contributed by atoms with E-state index >= 15 is 0 Å². The predicted molar refractivity (Wildman–Crippen MR) is 104 cm³/mol. The lowest BCUT2D eigenvalue weighted by Crippen LogP contribution is -2.50. The molecule has 0 unspecified atom stereocenters. The van der Waals surface area contributed by atoms with Gasteiger partial charge in [0.1, 0.15) is 16.5 Å². The fraction of sp³-hybridized carbons (Fsp3) is 0.316. The topological polar surface area (TPSA) is 66.9 Å². The average Bonchev–Trinajstić information content (AvgIpc) is 2.72. The minimum Gasteiger partial charge on any atom is -0.496 e. The van der Waals surface area contributed by atoms with Crippen molar-refractivity contribution in [2.24, 2.45) is 0 Å². The van der Waals surface area contributed by atoms with Crippen molar-refractivity contribution in [2.45, 2.75) is 11.1 Å². The molecule has 0 aliphatic carbocycles. The number of ether oxygens (including phenoxy) is 1. The van der Waals surface area contributed by atoms with Crippen LogP contribution in [0.1, 0.15) is 15.9 Å². The second-order valence-corrected chi connectivity index (χ2v) is 9.00. The number of amides is 1. The van der Waals surface area contributed by atoms with Gasteiger partial charge in [-0.2, -0.15) is 17.5 Å². The van der Waals surface area contributed by atoms with Crippen molar-refractivity contribution >= 4 is 27.5 Å². The van der Waals surface area contributed by atoms with E-state index in [9.17, 15) is 30.8 Å². The Labute approximate surface area is 181 Å². The van der Waals surface area contributed by atoms with Crippen LogP contribution in [0.2, 0.25) is 5.02 Å². The molecular formula is C19H17ClF4N2O4S. The molecular weight excluding hydrogens is 464 g/mol. The molecule has 1 amide bonds. The monoisotopic (exact) mass is 480 g/mol. The van der Waals surface area contributed by atoms with Crippen molar-refractivity contribution in [2.75, 3.05) is 33.3 Å². The lowest BCUT2D eigenvalue weighted by atomic mass is 10.1. The number of methoxy groups -OCH3 is 1. The number of hydrogen-bond acceptors (Lipinski definition) is 4. The first-order valence-corrected chi connectivity index (χ1v) is 10.8. The van der Waals surface area contributed by atoms with E-state index in [0.29, 0.717) is 12.1 Å². The third kappa shape index (κ3) is 4.78. The van der Waals surface area contributed by atoms with Gasteiger partial charge in [0.25, 0.3) is 5.91 Å². The molecule has 0 bridgehead atoms. The van der Waals surface area contributed by atoms with Gasteiger partial charge >= 0.3 is 6.18 Å². The zero-order valence-corrected chi connectivity index (χ0v) is 17.7. The summed E-state index contributed by atoms with van der Waals surface area (Å²) >= 11 is 5.87. The normalized spacial score (nSPS) is 15.7. The number of benzene rings is 2. The molecule has 1 aliphatic heterocycles. The maximum atomic E-state index is 13.6. The van der Waals surface area contributed by atoms with Gasteiger partial charge in [-0.3, -0.25) is 4.79 Å². The summed E-state index contributed by atoms with van der Waals surface area (Å²) in [5, 5.41) is -0.337. The summed E-state index contributed by atoms with van der Waals surface area (Å²) in [6, 6.07) is 5.54. The van der Waals surface area contributed by atoms with Gasteiger partial charge < -0.3 is 9.64 Å². The number of halogens is 5. The van der Waals surface area contributed by atoms with Gasteiger partial charge in [-0.25, -0.2) is 12.8 Å². The highest BCUT2D eigenvalue weighted by Gasteiger charge is 2.36. The number of carbonyl (C=O) groups excluding carboxylic acids is 1. The molecule has 2 aromatic carbocycles. The summed E-state index contributed by atoms with van der Waals surface area (Å²) in [4.78, 5) is 13.4. The van der Waals surface area contributed by atoms with E-state index in [1.165, 1.54) is 18.1 Å². The maximum Gasteiger partial charge on any atom is 0.416 e. The summed E-state index contributed by atoms with van der Waals surface area (Å²) in [5.41, 5.74) is -1.15. The Morgan fingerprint density at radius 3 is 2.29 bits per heavy atom. The summed E-state index contributed by atoms with van der Waals surface area (Å²) in [7, 11) is -3.00. The molecule has 3 rings (SSSR count). The Kier molecular flexibility index (Phi) is 6.49. The van der Waals surface area contributed by atoms with Gasteiger partial charge in [-0.15, -0.1) is 0 Å². The molecule has 0 N–H and O–H groups in total. The molecule has 1 saturated heterocycles. The van der Waals surface area contributed by atoms with Crippen LogP contribution < -0.4 is 4.74 Å². The van der Waals surface area contributed by atoms with E-state index in [4.69, 9.17) is 16.3 Å². The van der Waals surface area contributed by atoms with E-state index < -0.39 is 38.4 Å². The Bertz CT molecular complexity index is 1100. The lowest BCUT2D eigenvalue weighted by molar-refractivity contribution is -0.137. The SMILES string of the molecule is COc1ccc(F)cc1C(=O)N1CCN(S(=O)(=O)c2cc(C(F)(F)F)ccc2Cl)CC1. The highest BCUT2D eigenvalue weighted by Crippen LogP contribution is 2.34. The third-order valence-corrected chi connectivity index (χ3v) is 7.17. The second-order valence-electron chi connectivity index (χ2n) is 6.68. The van der Waals surface area contributed by atoms with Crippen LogP contribution in [-0.4, -0.2) is 56.8 Å². The molecule has 1 aliphatic rings. The van der Waals surface area contributed by atoms with Gasteiger partial charge in [-0.1, -0.05) is 11.6 Å². The molecule has 0 aromatic heterocycles. The first-order chi connectivity index (χ1) is 14.4. The number of hydrogen-bond donors (Lipinski definition) is 0. The van der Waals surface area contributed by atoms with E-state index in [2.05, 4.69) is 0 Å².